The maximum absolute atomic E-state index is 13.9. The minimum atomic E-state index is -0.469. The summed E-state index contributed by atoms with van der Waals surface area (Å²) in [7, 11) is 3.15. The molecule has 0 aliphatic rings. The lowest BCUT2D eigenvalue weighted by atomic mass is 9.88. The standard InChI is InChI=1S/C34H32FN3O5/c1-42-32-15-8-23(18-33(32)43-2)16-17-36-34(39)20-28(25-9-11-26(35)12-10-25)30-22-37(21-24-6-4-3-5-7-24)31-14-13-27(38(40)41)19-29(30)31/h3-15,18-19,22,28H,16-17,20-21H2,1-2H3,(H,36,39). The summed E-state index contributed by atoms with van der Waals surface area (Å²) in [4.78, 5) is 24.6. The van der Waals surface area contributed by atoms with Crippen molar-refractivity contribution in [1.82, 2.24) is 9.88 Å². The third-order valence-corrected chi connectivity index (χ3v) is 7.52. The van der Waals surface area contributed by atoms with Gasteiger partial charge in [-0.05, 0) is 59.0 Å². The van der Waals surface area contributed by atoms with Crippen LogP contribution in [0.25, 0.3) is 10.9 Å². The zero-order valence-electron chi connectivity index (χ0n) is 24.0. The minimum absolute atomic E-state index is 0.0385. The first kappa shape index (κ1) is 29.3. The number of benzene rings is 4. The van der Waals surface area contributed by atoms with E-state index < -0.39 is 10.8 Å². The Morgan fingerprint density at radius 2 is 1.67 bits per heavy atom. The second kappa shape index (κ2) is 13.2. The summed E-state index contributed by atoms with van der Waals surface area (Å²) in [5.41, 5.74) is 4.31. The predicted octanol–water partition coefficient (Wildman–Crippen LogP) is 6.64. The van der Waals surface area contributed by atoms with Gasteiger partial charge in [0.05, 0.1) is 19.1 Å². The SMILES string of the molecule is COc1ccc(CCNC(=O)CC(c2ccc(F)cc2)c2cn(Cc3ccccc3)c3ccc([N+](=O)[O-])cc23)cc1OC. The third kappa shape index (κ3) is 6.83. The molecule has 0 saturated heterocycles. The van der Waals surface area contributed by atoms with Crippen LogP contribution in [0.4, 0.5) is 10.1 Å². The molecule has 0 aliphatic heterocycles. The summed E-state index contributed by atoms with van der Waals surface area (Å²) >= 11 is 0. The number of ether oxygens (including phenoxy) is 2. The number of rotatable bonds is 12. The topological polar surface area (TPSA) is 95.6 Å². The van der Waals surface area contributed by atoms with Crippen LogP contribution in [0.3, 0.4) is 0 Å². The Labute approximate surface area is 248 Å². The number of carbonyl (C=O) groups excluding carboxylic acids is 1. The number of halogens is 1. The fraction of sp³-hybridized carbons (Fsp3) is 0.206. The van der Waals surface area contributed by atoms with E-state index in [2.05, 4.69) is 5.32 Å². The van der Waals surface area contributed by atoms with Crippen LogP contribution in [0.5, 0.6) is 11.5 Å². The number of fused-ring (bicyclic) bond motifs is 1. The van der Waals surface area contributed by atoms with Crippen molar-refractivity contribution in [2.24, 2.45) is 0 Å². The Hall–Kier alpha value is -5.18. The average Bonchev–Trinajstić information content (AvgIpc) is 3.37. The molecule has 1 N–H and O–H groups in total. The number of aromatic nitrogens is 1. The molecule has 1 unspecified atom stereocenters. The van der Waals surface area contributed by atoms with E-state index in [4.69, 9.17) is 9.47 Å². The number of methoxy groups -OCH3 is 2. The molecule has 0 radical (unpaired) electrons. The van der Waals surface area contributed by atoms with E-state index in [1.54, 1.807) is 38.5 Å². The Morgan fingerprint density at radius 3 is 2.37 bits per heavy atom. The number of nitro benzene ring substituents is 1. The van der Waals surface area contributed by atoms with Gasteiger partial charge in [-0.3, -0.25) is 14.9 Å². The quantitative estimate of drug-likeness (QED) is 0.132. The molecule has 8 nitrogen and oxygen atoms in total. The van der Waals surface area contributed by atoms with Gasteiger partial charge in [0.15, 0.2) is 11.5 Å². The maximum atomic E-state index is 13.9. The molecule has 0 fully saturated rings. The normalized spacial score (nSPS) is 11.7. The van der Waals surface area contributed by atoms with Crippen LogP contribution in [0.1, 0.15) is 34.6 Å². The first-order valence-electron chi connectivity index (χ1n) is 13.9. The van der Waals surface area contributed by atoms with E-state index in [1.807, 2.05) is 59.3 Å². The van der Waals surface area contributed by atoms with Gasteiger partial charge in [0.2, 0.25) is 5.91 Å². The summed E-state index contributed by atoms with van der Waals surface area (Å²) in [5, 5.41) is 15.4. The monoisotopic (exact) mass is 581 g/mol. The number of nitrogens with zero attached hydrogens (tertiary/aromatic N) is 2. The number of non-ortho nitro benzene ring substituents is 1. The van der Waals surface area contributed by atoms with Gasteiger partial charge in [-0.1, -0.05) is 48.5 Å². The van der Waals surface area contributed by atoms with Crippen molar-refractivity contribution in [2.75, 3.05) is 20.8 Å². The number of hydrogen-bond donors (Lipinski definition) is 1. The van der Waals surface area contributed by atoms with E-state index in [9.17, 15) is 19.3 Å². The molecular weight excluding hydrogens is 549 g/mol. The second-order valence-corrected chi connectivity index (χ2v) is 10.3. The summed E-state index contributed by atoms with van der Waals surface area (Å²) < 4.78 is 26.6. The molecule has 220 valence electrons. The van der Waals surface area contributed by atoms with E-state index in [0.29, 0.717) is 36.4 Å². The summed E-state index contributed by atoms with van der Waals surface area (Å²) in [6.45, 7) is 0.939. The molecule has 0 aliphatic carbocycles. The van der Waals surface area contributed by atoms with Crippen LogP contribution in [0.15, 0.2) is 97.2 Å². The fourth-order valence-electron chi connectivity index (χ4n) is 5.36. The molecule has 1 amide bonds. The number of amides is 1. The van der Waals surface area contributed by atoms with E-state index >= 15 is 0 Å². The third-order valence-electron chi connectivity index (χ3n) is 7.52. The number of nitro groups is 1. The first-order chi connectivity index (χ1) is 20.9. The lowest BCUT2D eigenvalue weighted by Crippen LogP contribution is -2.27. The highest BCUT2D eigenvalue weighted by molar-refractivity contribution is 5.88. The average molecular weight is 582 g/mol. The molecule has 1 heterocycles. The molecule has 4 aromatic carbocycles. The molecule has 0 saturated carbocycles. The van der Waals surface area contributed by atoms with Gasteiger partial charge in [-0.2, -0.15) is 0 Å². The van der Waals surface area contributed by atoms with Crippen molar-refractivity contribution in [3.8, 4) is 11.5 Å². The van der Waals surface area contributed by atoms with Crippen molar-refractivity contribution in [2.45, 2.75) is 25.3 Å². The van der Waals surface area contributed by atoms with Gasteiger partial charge < -0.3 is 19.4 Å². The van der Waals surface area contributed by atoms with E-state index in [1.165, 1.54) is 18.2 Å². The zero-order valence-corrected chi connectivity index (χ0v) is 24.0. The van der Waals surface area contributed by atoms with Gasteiger partial charge in [-0.25, -0.2) is 4.39 Å². The van der Waals surface area contributed by atoms with Crippen LogP contribution < -0.4 is 14.8 Å². The van der Waals surface area contributed by atoms with Crippen LogP contribution in [0, 0.1) is 15.9 Å². The van der Waals surface area contributed by atoms with Crippen LogP contribution >= 0.6 is 0 Å². The first-order valence-corrected chi connectivity index (χ1v) is 13.9. The fourth-order valence-corrected chi connectivity index (χ4v) is 5.36. The largest absolute Gasteiger partial charge is 0.493 e. The Bertz CT molecular complexity index is 1740. The Kier molecular flexibility index (Phi) is 9.00. The van der Waals surface area contributed by atoms with Gasteiger partial charge >= 0.3 is 0 Å². The summed E-state index contributed by atoms with van der Waals surface area (Å²) in [6.07, 6.45) is 2.60. The van der Waals surface area contributed by atoms with Crippen molar-refractivity contribution in [3.05, 3.63) is 135 Å². The number of hydrogen-bond acceptors (Lipinski definition) is 5. The van der Waals surface area contributed by atoms with Gasteiger partial charge in [0.25, 0.3) is 5.69 Å². The predicted molar refractivity (Wildman–Crippen MR) is 163 cm³/mol. The van der Waals surface area contributed by atoms with Gasteiger partial charge in [-0.15, -0.1) is 0 Å². The molecule has 0 bridgehead atoms. The second-order valence-electron chi connectivity index (χ2n) is 10.3. The summed E-state index contributed by atoms with van der Waals surface area (Å²) in [6, 6.07) is 26.3. The highest BCUT2D eigenvalue weighted by Gasteiger charge is 2.24. The van der Waals surface area contributed by atoms with Crippen LogP contribution in [-0.2, 0) is 17.8 Å². The van der Waals surface area contributed by atoms with Crippen molar-refractivity contribution in [1.29, 1.82) is 0 Å². The number of nitrogens with one attached hydrogen (secondary N) is 1. The smallest absolute Gasteiger partial charge is 0.270 e. The lowest BCUT2D eigenvalue weighted by Gasteiger charge is -2.17. The van der Waals surface area contributed by atoms with E-state index in [-0.39, 0.29) is 23.8 Å². The highest BCUT2D eigenvalue weighted by atomic mass is 19.1. The molecule has 43 heavy (non-hydrogen) atoms. The molecule has 1 aromatic heterocycles. The molecular formula is C34H32FN3O5. The highest BCUT2D eigenvalue weighted by Crippen LogP contribution is 2.37. The molecule has 5 rings (SSSR count). The summed E-state index contributed by atoms with van der Waals surface area (Å²) in [5.74, 6) is 0.198. The van der Waals surface area contributed by atoms with E-state index in [0.717, 1.165) is 27.8 Å². The van der Waals surface area contributed by atoms with Crippen molar-refractivity contribution < 1.29 is 23.6 Å². The van der Waals surface area contributed by atoms with Gasteiger partial charge in [0, 0.05) is 54.7 Å². The van der Waals surface area contributed by atoms with Crippen molar-refractivity contribution >= 4 is 22.5 Å². The van der Waals surface area contributed by atoms with Gasteiger partial charge in [0.1, 0.15) is 5.82 Å². The Balaban J connectivity index is 1.45. The van der Waals surface area contributed by atoms with Crippen molar-refractivity contribution in [3.63, 3.8) is 0 Å². The molecule has 1 atom stereocenters. The van der Waals surface area contributed by atoms with Crippen LogP contribution in [-0.4, -0.2) is 36.2 Å². The molecule has 5 aromatic rings. The van der Waals surface area contributed by atoms with Crippen LogP contribution in [0.2, 0.25) is 0 Å². The number of carbonyl (C=O) groups is 1. The maximum Gasteiger partial charge on any atom is 0.270 e. The molecule has 0 spiro atoms. The zero-order chi connectivity index (χ0) is 30.3. The lowest BCUT2D eigenvalue weighted by molar-refractivity contribution is -0.384. The Morgan fingerprint density at radius 1 is 0.930 bits per heavy atom. The molecule has 9 heteroatoms. The minimum Gasteiger partial charge on any atom is -0.493 e.